The molecular formula is C17H33ClO3. The Hall–Kier alpha value is -0.280. The van der Waals surface area contributed by atoms with Crippen LogP contribution in [0.3, 0.4) is 0 Å². The van der Waals surface area contributed by atoms with Crippen LogP contribution in [0.4, 0.5) is 0 Å². The first-order chi connectivity index (χ1) is 10.3. The lowest BCUT2D eigenvalue weighted by Gasteiger charge is -2.03. The molecule has 0 heterocycles. The summed E-state index contributed by atoms with van der Waals surface area (Å²) in [4.78, 5) is 10.9. The molecule has 21 heavy (non-hydrogen) atoms. The van der Waals surface area contributed by atoms with Crippen LogP contribution in [-0.4, -0.2) is 25.8 Å². The first-order valence-corrected chi connectivity index (χ1v) is 9.05. The molecular weight excluding hydrogens is 288 g/mol. The lowest BCUT2D eigenvalue weighted by Crippen LogP contribution is -1.99. The second-order valence-corrected chi connectivity index (χ2v) is 5.80. The summed E-state index contributed by atoms with van der Waals surface area (Å²) in [5.74, 6) is -0.0794. The van der Waals surface area contributed by atoms with E-state index in [-0.39, 0.29) is 5.97 Å². The molecule has 0 aliphatic rings. The van der Waals surface area contributed by atoms with Crippen LogP contribution in [0.5, 0.6) is 0 Å². The molecule has 0 aromatic carbocycles. The Balaban J connectivity index is 2.98. The van der Waals surface area contributed by atoms with Gasteiger partial charge < -0.3 is 9.47 Å². The number of methoxy groups -OCH3 is 1. The molecule has 3 nitrogen and oxygen atoms in total. The number of hydrogen-bond acceptors (Lipinski definition) is 3. The van der Waals surface area contributed by atoms with E-state index >= 15 is 0 Å². The van der Waals surface area contributed by atoms with E-state index in [0.29, 0.717) is 12.5 Å². The van der Waals surface area contributed by atoms with E-state index in [1.165, 1.54) is 64.9 Å². The first-order valence-electron chi connectivity index (χ1n) is 8.51. The molecule has 0 radical (unpaired) electrons. The van der Waals surface area contributed by atoms with Gasteiger partial charge in [0, 0.05) is 13.0 Å². The predicted molar refractivity (Wildman–Crippen MR) is 88.7 cm³/mol. The Morgan fingerprint density at radius 1 is 0.762 bits per heavy atom. The van der Waals surface area contributed by atoms with Crippen LogP contribution in [0.2, 0.25) is 0 Å². The number of carbonyl (C=O) groups excluding carboxylic acids is 1. The summed E-state index contributed by atoms with van der Waals surface area (Å²) in [6.45, 7) is 0.805. The summed E-state index contributed by atoms with van der Waals surface area (Å²) in [5.41, 5.74) is 0. The van der Waals surface area contributed by atoms with E-state index in [4.69, 9.17) is 16.3 Å². The molecule has 0 saturated carbocycles. The van der Waals surface area contributed by atoms with Gasteiger partial charge >= 0.3 is 5.97 Å². The van der Waals surface area contributed by atoms with E-state index in [1.54, 1.807) is 0 Å². The minimum absolute atomic E-state index is 0.0794. The normalized spacial score (nSPS) is 10.8. The fraction of sp³-hybridized carbons (Fsp3) is 0.941. The zero-order valence-corrected chi connectivity index (χ0v) is 14.5. The molecule has 0 amide bonds. The number of carbonyl (C=O) groups is 1. The number of alkyl halides is 1. The molecule has 126 valence electrons. The molecule has 4 heteroatoms. The Kier molecular flexibility index (Phi) is 17.5. The largest absolute Gasteiger partial charge is 0.469 e. The summed E-state index contributed by atoms with van der Waals surface area (Å²) in [5, 5.41) is 0. The maximum Gasteiger partial charge on any atom is 0.305 e. The van der Waals surface area contributed by atoms with Crippen molar-refractivity contribution in [2.45, 2.75) is 83.5 Å². The minimum atomic E-state index is -0.0794. The average Bonchev–Trinajstić information content (AvgIpc) is 2.50. The summed E-state index contributed by atoms with van der Waals surface area (Å²) < 4.78 is 9.71. The van der Waals surface area contributed by atoms with Gasteiger partial charge in [0.25, 0.3) is 0 Å². The van der Waals surface area contributed by atoms with E-state index in [1.807, 2.05) is 0 Å². The quantitative estimate of drug-likeness (QED) is 0.216. The number of rotatable bonds is 16. The first kappa shape index (κ1) is 20.7. The van der Waals surface area contributed by atoms with Gasteiger partial charge in [-0.05, 0) is 12.8 Å². The Morgan fingerprint density at radius 3 is 1.62 bits per heavy atom. The Morgan fingerprint density at radius 2 is 1.19 bits per heavy atom. The number of ether oxygens (including phenoxy) is 2. The molecule has 0 aliphatic heterocycles. The van der Waals surface area contributed by atoms with Crippen molar-refractivity contribution in [3.63, 3.8) is 0 Å². The van der Waals surface area contributed by atoms with Crippen LogP contribution in [0.25, 0.3) is 0 Å². The second-order valence-electron chi connectivity index (χ2n) is 5.59. The van der Waals surface area contributed by atoms with Crippen LogP contribution < -0.4 is 0 Å². The maximum absolute atomic E-state index is 10.9. The average molecular weight is 321 g/mol. The van der Waals surface area contributed by atoms with E-state index in [9.17, 15) is 4.79 Å². The van der Waals surface area contributed by atoms with Gasteiger partial charge in [0.05, 0.1) is 7.11 Å². The number of hydrogen-bond donors (Lipinski definition) is 0. The molecule has 0 N–H and O–H groups in total. The van der Waals surface area contributed by atoms with Crippen LogP contribution in [-0.2, 0) is 14.3 Å². The lowest BCUT2D eigenvalue weighted by molar-refractivity contribution is -0.140. The van der Waals surface area contributed by atoms with Crippen molar-refractivity contribution in [3.8, 4) is 0 Å². The van der Waals surface area contributed by atoms with Crippen molar-refractivity contribution in [1.82, 2.24) is 0 Å². The van der Waals surface area contributed by atoms with Crippen molar-refractivity contribution in [2.75, 3.05) is 19.8 Å². The molecule has 0 aromatic rings. The highest BCUT2D eigenvalue weighted by Gasteiger charge is 1.99. The van der Waals surface area contributed by atoms with Gasteiger partial charge in [-0.2, -0.15) is 0 Å². The fourth-order valence-electron chi connectivity index (χ4n) is 2.40. The van der Waals surface area contributed by atoms with Crippen molar-refractivity contribution < 1.29 is 14.3 Å². The monoisotopic (exact) mass is 320 g/mol. The van der Waals surface area contributed by atoms with Gasteiger partial charge in [-0.25, -0.2) is 0 Å². The van der Waals surface area contributed by atoms with Crippen molar-refractivity contribution in [2.24, 2.45) is 0 Å². The standard InChI is InChI=1S/C17H33ClO3/c1-20-17(19)14-12-10-8-6-4-2-3-5-7-9-11-13-15-21-16-18/h2-16H2,1H3. The zero-order chi connectivity index (χ0) is 15.6. The van der Waals surface area contributed by atoms with Gasteiger partial charge in [0.2, 0.25) is 0 Å². The molecule has 0 saturated heterocycles. The fourth-order valence-corrected chi connectivity index (χ4v) is 2.51. The highest BCUT2D eigenvalue weighted by atomic mass is 35.5. The van der Waals surface area contributed by atoms with Gasteiger partial charge in [-0.1, -0.05) is 75.8 Å². The summed E-state index contributed by atoms with van der Waals surface area (Å²) in [7, 11) is 1.45. The lowest BCUT2D eigenvalue weighted by atomic mass is 10.0. The molecule has 0 atom stereocenters. The number of esters is 1. The van der Waals surface area contributed by atoms with E-state index in [0.717, 1.165) is 25.9 Å². The van der Waals surface area contributed by atoms with Crippen LogP contribution in [0.15, 0.2) is 0 Å². The smallest absolute Gasteiger partial charge is 0.305 e. The molecule has 0 spiro atoms. The summed E-state index contributed by atoms with van der Waals surface area (Å²) in [6, 6.07) is 0.322. The molecule has 0 aliphatic carbocycles. The highest BCUT2D eigenvalue weighted by molar-refractivity contribution is 6.17. The molecule has 0 bridgehead atoms. The molecule has 0 fully saturated rings. The Bertz CT molecular complexity index is 222. The van der Waals surface area contributed by atoms with Gasteiger partial charge in [-0.3, -0.25) is 4.79 Å². The maximum atomic E-state index is 10.9. The third-order valence-corrected chi connectivity index (χ3v) is 3.88. The SMILES string of the molecule is COC(=O)CCCCCCCCCCCCCCOCCl. The highest BCUT2D eigenvalue weighted by Crippen LogP contribution is 2.12. The van der Waals surface area contributed by atoms with Gasteiger partial charge in [0.1, 0.15) is 6.07 Å². The minimum Gasteiger partial charge on any atom is -0.469 e. The Labute approximate surface area is 135 Å². The van der Waals surface area contributed by atoms with Crippen LogP contribution in [0.1, 0.15) is 83.5 Å². The predicted octanol–water partition coefficient (Wildman–Crippen LogP) is 5.44. The third-order valence-electron chi connectivity index (χ3n) is 3.72. The number of halogens is 1. The second kappa shape index (κ2) is 17.8. The summed E-state index contributed by atoms with van der Waals surface area (Å²) in [6.07, 6.45) is 15.7. The van der Waals surface area contributed by atoms with Crippen molar-refractivity contribution >= 4 is 17.6 Å². The number of unbranched alkanes of at least 4 members (excludes halogenated alkanes) is 11. The molecule has 0 aromatic heterocycles. The topological polar surface area (TPSA) is 35.5 Å². The zero-order valence-electron chi connectivity index (χ0n) is 13.7. The van der Waals surface area contributed by atoms with Crippen LogP contribution in [0, 0.1) is 0 Å². The van der Waals surface area contributed by atoms with E-state index < -0.39 is 0 Å². The van der Waals surface area contributed by atoms with Crippen molar-refractivity contribution in [3.05, 3.63) is 0 Å². The third kappa shape index (κ3) is 17.7. The van der Waals surface area contributed by atoms with Gasteiger partial charge in [0.15, 0.2) is 0 Å². The molecule has 0 unspecified atom stereocenters. The summed E-state index contributed by atoms with van der Waals surface area (Å²) >= 11 is 5.43. The van der Waals surface area contributed by atoms with Crippen LogP contribution >= 0.6 is 11.6 Å². The van der Waals surface area contributed by atoms with Crippen molar-refractivity contribution in [1.29, 1.82) is 0 Å². The molecule has 0 rings (SSSR count). The van der Waals surface area contributed by atoms with Gasteiger partial charge in [-0.15, -0.1) is 0 Å². The van der Waals surface area contributed by atoms with E-state index in [2.05, 4.69) is 4.74 Å².